The second kappa shape index (κ2) is 5.23. The topological polar surface area (TPSA) is 83.6 Å². The molecular formula is C10H11NO4. The first-order valence-electron chi connectivity index (χ1n) is 4.33. The molecule has 0 saturated carbocycles. The summed E-state index contributed by atoms with van der Waals surface area (Å²) in [6.07, 6.45) is 1.59. The van der Waals surface area contributed by atoms with Crippen LogP contribution in [0.15, 0.2) is 29.8 Å². The van der Waals surface area contributed by atoms with Gasteiger partial charge in [-0.05, 0) is 23.3 Å². The lowest BCUT2D eigenvalue weighted by atomic mass is 10.1. The average molecular weight is 209 g/mol. The Balaban J connectivity index is 2.89. The summed E-state index contributed by atoms with van der Waals surface area (Å²) in [6, 6.07) is 5.86. The third-order valence-electron chi connectivity index (χ3n) is 1.88. The molecule has 0 atom stereocenters. The highest BCUT2D eigenvalue weighted by atomic mass is 16.6. The summed E-state index contributed by atoms with van der Waals surface area (Å²) in [5, 5.41) is 27.9. The van der Waals surface area contributed by atoms with Crippen LogP contribution in [0.5, 0.6) is 0 Å². The number of rotatable bonds is 4. The Bertz CT molecular complexity index is 364. The molecule has 0 saturated heterocycles. The van der Waals surface area contributed by atoms with Crippen molar-refractivity contribution >= 4 is 11.8 Å². The standard InChI is InChI=1S/C10H11NO4/c12-6-9(7-13)5-8-1-3-10(4-2-8)11(14)15/h1-5,12-13H,6-7H2. The van der Waals surface area contributed by atoms with Gasteiger partial charge in [0, 0.05) is 12.1 Å². The normalized spacial score (nSPS) is 9.73. The zero-order valence-corrected chi connectivity index (χ0v) is 7.96. The van der Waals surface area contributed by atoms with Gasteiger partial charge in [-0.1, -0.05) is 6.08 Å². The summed E-state index contributed by atoms with van der Waals surface area (Å²) in [5.74, 6) is 0. The fourth-order valence-corrected chi connectivity index (χ4v) is 1.07. The van der Waals surface area contributed by atoms with Crippen molar-refractivity contribution in [1.82, 2.24) is 0 Å². The van der Waals surface area contributed by atoms with Crippen LogP contribution >= 0.6 is 0 Å². The molecular weight excluding hydrogens is 198 g/mol. The molecule has 0 fully saturated rings. The van der Waals surface area contributed by atoms with Crippen molar-refractivity contribution in [3.05, 3.63) is 45.5 Å². The lowest BCUT2D eigenvalue weighted by molar-refractivity contribution is -0.384. The molecule has 5 heteroatoms. The van der Waals surface area contributed by atoms with Crippen LogP contribution in [-0.2, 0) is 0 Å². The maximum Gasteiger partial charge on any atom is 0.269 e. The fraction of sp³-hybridized carbons (Fsp3) is 0.200. The minimum atomic E-state index is -0.480. The van der Waals surface area contributed by atoms with Crippen LogP contribution in [0.1, 0.15) is 5.56 Å². The Morgan fingerprint density at radius 2 is 1.80 bits per heavy atom. The Morgan fingerprint density at radius 3 is 2.20 bits per heavy atom. The van der Waals surface area contributed by atoms with Gasteiger partial charge >= 0.3 is 0 Å². The molecule has 0 bridgehead atoms. The largest absolute Gasteiger partial charge is 0.392 e. The minimum absolute atomic E-state index is 0.0155. The SMILES string of the molecule is O=[N+]([O-])c1ccc(C=C(CO)CO)cc1. The van der Waals surface area contributed by atoms with Gasteiger partial charge in [0.25, 0.3) is 5.69 Å². The quantitative estimate of drug-likeness (QED) is 0.571. The number of aliphatic hydroxyl groups is 2. The van der Waals surface area contributed by atoms with Gasteiger partial charge < -0.3 is 10.2 Å². The van der Waals surface area contributed by atoms with Gasteiger partial charge in [-0.15, -0.1) is 0 Å². The molecule has 1 aromatic carbocycles. The molecule has 0 radical (unpaired) electrons. The van der Waals surface area contributed by atoms with Gasteiger partial charge in [0.05, 0.1) is 18.1 Å². The lowest BCUT2D eigenvalue weighted by Gasteiger charge is -1.99. The van der Waals surface area contributed by atoms with E-state index in [1.165, 1.54) is 12.1 Å². The van der Waals surface area contributed by atoms with E-state index in [2.05, 4.69) is 0 Å². The highest BCUT2D eigenvalue weighted by Gasteiger charge is 2.02. The first-order valence-corrected chi connectivity index (χ1v) is 4.33. The van der Waals surface area contributed by atoms with Gasteiger partial charge in [0.15, 0.2) is 0 Å². The first kappa shape index (κ1) is 11.4. The average Bonchev–Trinajstić information content (AvgIpc) is 2.26. The summed E-state index contributed by atoms with van der Waals surface area (Å²) >= 11 is 0. The lowest BCUT2D eigenvalue weighted by Crippen LogP contribution is -1.95. The molecule has 5 nitrogen and oxygen atoms in total. The van der Waals surface area contributed by atoms with E-state index in [1.807, 2.05) is 0 Å². The predicted octanol–water partition coefficient (Wildman–Crippen LogP) is 0.963. The van der Waals surface area contributed by atoms with Gasteiger partial charge in [0.1, 0.15) is 0 Å². The van der Waals surface area contributed by atoms with E-state index in [0.29, 0.717) is 11.1 Å². The number of nitrogens with zero attached hydrogens (tertiary/aromatic N) is 1. The van der Waals surface area contributed by atoms with Crippen LogP contribution in [0, 0.1) is 10.1 Å². The highest BCUT2D eigenvalue weighted by molar-refractivity contribution is 5.55. The molecule has 0 unspecified atom stereocenters. The Hall–Kier alpha value is -1.72. The van der Waals surface area contributed by atoms with Crippen molar-refractivity contribution in [3.63, 3.8) is 0 Å². The third-order valence-corrected chi connectivity index (χ3v) is 1.88. The minimum Gasteiger partial charge on any atom is -0.392 e. The molecule has 0 aliphatic carbocycles. The number of hydrogen-bond acceptors (Lipinski definition) is 4. The van der Waals surface area contributed by atoms with Gasteiger partial charge in [0.2, 0.25) is 0 Å². The number of nitro benzene ring substituents is 1. The molecule has 15 heavy (non-hydrogen) atoms. The van der Waals surface area contributed by atoms with E-state index >= 15 is 0 Å². The molecule has 0 heterocycles. The summed E-state index contributed by atoms with van der Waals surface area (Å²) in [4.78, 5) is 9.88. The van der Waals surface area contributed by atoms with E-state index in [1.54, 1.807) is 18.2 Å². The zero-order valence-electron chi connectivity index (χ0n) is 7.96. The van der Waals surface area contributed by atoms with Crippen molar-refractivity contribution in [1.29, 1.82) is 0 Å². The van der Waals surface area contributed by atoms with E-state index in [0.717, 1.165) is 0 Å². The van der Waals surface area contributed by atoms with Crippen LogP contribution in [0.3, 0.4) is 0 Å². The summed E-state index contributed by atoms with van der Waals surface area (Å²) in [5.41, 5.74) is 1.18. The van der Waals surface area contributed by atoms with Gasteiger partial charge in [-0.2, -0.15) is 0 Å². The van der Waals surface area contributed by atoms with E-state index < -0.39 is 4.92 Å². The maximum atomic E-state index is 10.4. The molecule has 1 aromatic rings. The summed E-state index contributed by atoms with van der Waals surface area (Å²) in [6.45, 7) is -0.457. The van der Waals surface area contributed by atoms with Gasteiger partial charge in [-0.3, -0.25) is 10.1 Å². The number of nitro groups is 1. The summed E-state index contributed by atoms with van der Waals surface area (Å²) < 4.78 is 0. The Labute approximate surface area is 86.4 Å². The molecule has 1 rings (SSSR count). The number of benzene rings is 1. The van der Waals surface area contributed by atoms with Crippen LogP contribution in [0.2, 0.25) is 0 Å². The second-order valence-corrected chi connectivity index (χ2v) is 2.97. The first-order chi connectivity index (χ1) is 7.17. The molecule has 2 N–H and O–H groups in total. The molecule has 0 aliphatic heterocycles. The highest BCUT2D eigenvalue weighted by Crippen LogP contribution is 2.14. The third kappa shape index (κ3) is 3.16. The number of hydrogen-bond donors (Lipinski definition) is 2. The van der Waals surface area contributed by atoms with Crippen molar-refractivity contribution < 1.29 is 15.1 Å². The van der Waals surface area contributed by atoms with Crippen LogP contribution in [0.25, 0.3) is 6.08 Å². The predicted molar refractivity (Wildman–Crippen MR) is 55.2 cm³/mol. The van der Waals surface area contributed by atoms with E-state index in [4.69, 9.17) is 10.2 Å². The van der Waals surface area contributed by atoms with Crippen LogP contribution in [-0.4, -0.2) is 28.4 Å². The fourth-order valence-electron chi connectivity index (χ4n) is 1.07. The van der Waals surface area contributed by atoms with Crippen LogP contribution < -0.4 is 0 Å². The molecule has 0 amide bonds. The smallest absolute Gasteiger partial charge is 0.269 e. The summed E-state index contributed by atoms with van der Waals surface area (Å²) in [7, 11) is 0. The number of aliphatic hydroxyl groups excluding tert-OH is 2. The Morgan fingerprint density at radius 1 is 1.27 bits per heavy atom. The Kier molecular flexibility index (Phi) is 3.96. The monoisotopic (exact) mass is 209 g/mol. The van der Waals surface area contributed by atoms with E-state index in [-0.39, 0.29) is 18.9 Å². The number of non-ortho nitro benzene ring substituents is 1. The molecule has 0 aliphatic rings. The zero-order chi connectivity index (χ0) is 11.3. The van der Waals surface area contributed by atoms with Crippen molar-refractivity contribution in [2.24, 2.45) is 0 Å². The van der Waals surface area contributed by atoms with Crippen molar-refractivity contribution in [3.8, 4) is 0 Å². The van der Waals surface area contributed by atoms with Gasteiger partial charge in [-0.25, -0.2) is 0 Å². The second-order valence-electron chi connectivity index (χ2n) is 2.97. The van der Waals surface area contributed by atoms with Crippen molar-refractivity contribution in [2.45, 2.75) is 0 Å². The molecule has 0 spiro atoms. The van der Waals surface area contributed by atoms with E-state index in [9.17, 15) is 10.1 Å². The molecule has 0 aromatic heterocycles. The van der Waals surface area contributed by atoms with Crippen molar-refractivity contribution in [2.75, 3.05) is 13.2 Å². The van der Waals surface area contributed by atoms with Crippen LogP contribution in [0.4, 0.5) is 5.69 Å². The maximum absolute atomic E-state index is 10.4. The molecule has 80 valence electrons.